The van der Waals surface area contributed by atoms with Crippen LogP contribution in [0.5, 0.6) is 0 Å². The Labute approximate surface area is 180 Å². The molecule has 0 aliphatic heterocycles. The molecular formula is C21H33IN4O. The van der Waals surface area contributed by atoms with Crippen LogP contribution in [0.4, 0.5) is 0 Å². The highest BCUT2D eigenvalue weighted by Crippen LogP contribution is 2.40. The lowest BCUT2D eigenvalue weighted by Gasteiger charge is -2.30. The summed E-state index contributed by atoms with van der Waals surface area (Å²) in [7, 11) is 1.82. The van der Waals surface area contributed by atoms with Crippen LogP contribution in [0.3, 0.4) is 0 Å². The quantitative estimate of drug-likeness (QED) is 0.341. The van der Waals surface area contributed by atoms with Crippen LogP contribution in [0, 0.1) is 5.92 Å². The first-order chi connectivity index (χ1) is 12.6. The number of guanidine groups is 1. The lowest BCUT2D eigenvalue weighted by Crippen LogP contribution is -2.48. The number of carbonyl (C=O) groups excluding carboxylic acids is 1. The van der Waals surface area contributed by atoms with Crippen molar-refractivity contribution in [1.82, 2.24) is 16.0 Å². The Bertz CT molecular complexity index is 634. The molecule has 4 atom stereocenters. The number of halogens is 1. The average Bonchev–Trinajstić information content (AvgIpc) is 3.41. The molecule has 3 rings (SSSR count). The molecule has 2 aliphatic rings. The van der Waals surface area contributed by atoms with Crippen LogP contribution < -0.4 is 16.0 Å². The largest absolute Gasteiger partial charge is 0.354 e. The van der Waals surface area contributed by atoms with Crippen molar-refractivity contribution in [3.8, 4) is 0 Å². The molecule has 0 aromatic heterocycles. The second kappa shape index (κ2) is 10.3. The Kier molecular flexibility index (Phi) is 8.38. The molecule has 1 aromatic rings. The summed E-state index contributed by atoms with van der Waals surface area (Å²) in [5.41, 5.74) is 1.39. The van der Waals surface area contributed by atoms with Gasteiger partial charge in [-0.2, -0.15) is 0 Å². The van der Waals surface area contributed by atoms with Gasteiger partial charge in [0.05, 0.1) is 0 Å². The van der Waals surface area contributed by atoms with Crippen molar-refractivity contribution in [2.45, 2.75) is 70.0 Å². The predicted octanol–water partition coefficient (Wildman–Crippen LogP) is 3.41. The van der Waals surface area contributed by atoms with Crippen molar-refractivity contribution < 1.29 is 4.79 Å². The standard InChI is InChI=1S/C21H32N4O.HI/c1-14(2)23-20(26)16-10-7-11-17(12-16)24-21(22-3)25-19-13-18(19)15-8-5-4-6-9-15;/h4-6,8-9,14,16-19H,7,10-13H2,1-3H3,(H,23,26)(H2,22,24,25);1H. The average molecular weight is 484 g/mol. The second-order valence-electron chi connectivity index (χ2n) is 7.94. The van der Waals surface area contributed by atoms with Crippen molar-refractivity contribution in [2.24, 2.45) is 10.9 Å². The number of amides is 1. The Balaban J connectivity index is 0.00000261. The molecule has 2 aliphatic carbocycles. The summed E-state index contributed by atoms with van der Waals surface area (Å²) < 4.78 is 0. The molecule has 4 unspecified atom stereocenters. The minimum atomic E-state index is 0. The molecule has 0 spiro atoms. The van der Waals surface area contributed by atoms with Gasteiger partial charge in [0.25, 0.3) is 0 Å². The first-order valence-corrected chi connectivity index (χ1v) is 9.92. The van der Waals surface area contributed by atoms with Crippen LogP contribution in [0.25, 0.3) is 0 Å². The summed E-state index contributed by atoms with van der Waals surface area (Å²) in [5.74, 6) is 1.74. The first kappa shape index (κ1) is 22.0. The molecule has 2 saturated carbocycles. The summed E-state index contributed by atoms with van der Waals surface area (Å²) in [6, 6.07) is 11.6. The molecule has 5 nitrogen and oxygen atoms in total. The molecule has 150 valence electrons. The van der Waals surface area contributed by atoms with E-state index in [0.29, 0.717) is 18.0 Å². The van der Waals surface area contributed by atoms with Crippen LogP contribution in [-0.2, 0) is 4.79 Å². The molecule has 0 radical (unpaired) electrons. The Morgan fingerprint density at radius 1 is 1.11 bits per heavy atom. The molecule has 3 N–H and O–H groups in total. The number of carbonyl (C=O) groups is 1. The molecule has 0 saturated heterocycles. The molecular weight excluding hydrogens is 451 g/mol. The van der Waals surface area contributed by atoms with E-state index >= 15 is 0 Å². The molecule has 1 amide bonds. The van der Waals surface area contributed by atoms with Crippen LogP contribution in [0.15, 0.2) is 35.3 Å². The number of nitrogens with one attached hydrogen (secondary N) is 3. The van der Waals surface area contributed by atoms with E-state index in [1.807, 2.05) is 20.9 Å². The van der Waals surface area contributed by atoms with Gasteiger partial charge in [0.1, 0.15) is 0 Å². The van der Waals surface area contributed by atoms with Crippen molar-refractivity contribution >= 4 is 35.8 Å². The smallest absolute Gasteiger partial charge is 0.223 e. The van der Waals surface area contributed by atoms with Crippen LogP contribution >= 0.6 is 24.0 Å². The maximum atomic E-state index is 12.3. The minimum Gasteiger partial charge on any atom is -0.354 e. The van der Waals surface area contributed by atoms with Gasteiger partial charge < -0.3 is 16.0 Å². The van der Waals surface area contributed by atoms with Crippen molar-refractivity contribution in [1.29, 1.82) is 0 Å². The van der Waals surface area contributed by atoms with E-state index in [9.17, 15) is 4.79 Å². The third-order valence-corrected chi connectivity index (χ3v) is 5.38. The molecule has 0 bridgehead atoms. The molecule has 2 fully saturated rings. The van der Waals surface area contributed by atoms with E-state index in [1.54, 1.807) is 0 Å². The van der Waals surface area contributed by atoms with Gasteiger partial charge >= 0.3 is 0 Å². The Morgan fingerprint density at radius 2 is 1.85 bits per heavy atom. The normalized spacial score (nSPS) is 27.5. The fraction of sp³-hybridized carbons (Fsp3) is 0.619. The van der Waals surface area contributed by atoms with Gasteiger partial charge in [0.15, 0.2) is 5.96 Å². The molecule has 0 heterocycles. The van der Waals surface area contributed by atoms with Crippen molar-refractivity contribution in [3.63, 3.8) is 0 Å². The number of aliphatic imine (C=N–C) groups is 1. The highest BCUT2D eigenvalue weighted by Gasteiger charge is 2.39. The lowest BCUT2D eigenvalue weighted by molar-refractivity contribution is -0.126. The summed E-state index contributed by atoms with van der Waals surface area (Å²) in [6.45, 7) is 4.03. The maximum Gasteiger partial charge on any atom is 0.223 e. The number of benzene rings is 1. The van der Waals surface area contributed by atoms with E-state index in [2.05, 4.69) is 51.3 Å². The highest BCUT2D eigenvalue weighted by molar-refractivity contribution is 14.0. The summed E-state index contributed by atoms with van der Waals surface area (Å²) in [5, 5.41) is 10.2. The maximum absolute atomic E-state index is 12.3. The van der Waals surface area contributed by atoms with Crippen LogP contribution in [0.1, 0.15) is 57.4 Å². The summed E-state index contributed by atoms with van der Waals surface area (Å²) in [4.78, 5) is 16.7. The van der Waals surface area contributed by atoms with Crippen LogP contribution in [-0.4, -0.2) is 37.0 Å². The second-order valence-corrected chi connectivity index (χ2v) is 7.94. The predicted molar refractivity (Wildman–Crippen MR) is 122 cm³/mol. The van der Waals surface area contributed by atoms with E-state index in [0.717, 1.165) is 38.1 Å². The van der Waals surface area contributed by atoms with Gasteiger partial charge in [-0.25, -0.2) is 0 Å². The third-order valence-electron chi connectivity index (χ3n) is 5.38. The molecule has 1 aromatic carbocycles. The van der Waals surface area contributed by atoms with Gasteiger partial charge in [0.2, 0.25) is 5.91 Å². The number of hydrogen-bond donors (Lipinski definition) is 3. The Morgan fingerprint density at radius 3 is 2.52 bits per heavy atom. The van der Waals surface area contributed by atoms with E-state index < -0.39 is 0 Å². The van der Waals surface area contributed by atoms with Gasteiger partial charge in [-0.15, -0.1) is 24.0 Å². The van der Waals surface area contributed by atoms with E-state index in [-0.39, 0.29) is 41.8 Å². The monoisotopic (exact) mass is 484 g/mol. The fourth-order valence-electron chi connectivity index (χ4n) is 3.92. The zero-order valence-corrected chi connectivity index (χ0v) is 18.9. The van der Waals surface area contributed by atoms with E-state index in [4.69, 9.17) is 0 Å². The third kappa shape index (κ3) is 6.36. The topological polar surface area (TPSA) is 65.5 Å². The SMILES string of the molecule is CN=C(NC1CCCC(C(=O)NC(C)C)C1)NC1CC1c1ccccc1.I. The summed E-state index contributed by atoms with van der Waals surface area (Å²) in [6.07, 6.45) is 5.20. The lowest BCUT2D eigenvalue weighted by atomic mass is 9.85. The van der Waals surface area contributed by atoms with E-state index in [1.165, 1.54) is 5.56 Å². The van der Waals surface area contributed by atoms with Gasteiger partial charge in [-0.3, -0.25) is 9.79 Å². The first-order valence-electron chi connectivity index (χ1n) is 9.92. The number of rotatable bonds is 5. The number of nitrogens with zero attached hydrogens (tertiary/aromatic N) is 1. The molecule has 6 heteroatoms. The van der Waals surface area contributed by atoms with Gasteiger partial charge in [-0.05, 0) is 45.1 Å². The van der Waals surface area contributed by atoms with Gasteiger partial charge in [-0.1, -0.05) is 36.8 Å². The zero-order chi connectivity index (χ0) is 18.5. The minimum absolute atomic E-state index is 0. The Hall–Kier alpha value is -1.31. The van der Waals surface area contributed by atoms with Crippen LogP contribution in [0.2, 0.25) is 0 Å². The van der Waals surface area contributed by atoms with Crippen molar-refractivity contribution in [2.75, 3.05) is 7.05 Å². The van der Waals surface area contributed by atoms with Gasteiger partial charge in [0, 0.05) is 37.0 Å². The highest BCUT2D eigenvalue weighted by atomic mass is 127. The number of hydrogen-bond acceptors (Lipinski definition) is 2. The zero-order valence-electron chi connectivity index (χ0n) is 16.6. The fourth-order valence-corrected chi connectivity index (χ4v) is 3.92. The molecule has 27 heavy (non-hydrogen) atoms. The summed E-state index contributed by atoms with van der Waals surface area (Å²) >= 11 is 0. The van der Waals surface area contributed by atoms with Crippen molar-refractivity contribution in [3.05, 3.63) is 35.9 Å².